The largest absolute Gasteiger partial charge is 0.449 e. The number of carbonyl (C=O) groups is 1. The number of aromatic nitrogens is 2. The average molecular weight is 371 g/mol. The smallest absolute Gasteiger partial charge is 0.331 e. The first-order valence-electron chi connectivity index (χ1n) is 7.53. The van der Waals surface area contributed by atoms with Crippen LogP contribution in [-0.2, 0) is 9.53 Å². The van der Waals surface area contributed by atoms with Gasteiger partial charge in [-0.25, -0.2) is 4.79 Å². The number of non-ortho nitro benzene ring substituents is 1. The van der Waals surface area contributed by atoms with Crippen molar-refractivity contribution >= 4 is 29.1 Å². The van der Waals surface area contributed by atoms with Crippen LogP contribution in [0.15, 0.2) is 52.3 Å². The van der Waals surface area contributed by atoms with E-state index in [4.69, 9.17) is 9.15 Å². The molecule has 0 aliphatic heterocycles. The highest BCUT2D eigenvalue weighted by atomic mass is 32.1. The number of esters is 1. The minimum absolute atomic E-state index is 0.0340. The summed E-state index contributed by atoms with van der Waals surface area (Å²) in [5.41, 5.74) is 0.499. The molecule has 0 N–H and O–H groups in total. The molecule has 2 aromatic heterocycles. The second-order valence-electron chi connectivity index (χ2n) is 5.18. The van der Waals surface area contributed by atoms with Crippen LogP contribution in [-0.4, -0.2) is 21.1 Å². The van der Waals surface area contributed by atoms with E-state index in [9.17, 15) is 14.9 Å². The molecule has 0 aliphatic rings. The summed E-state index contributed by atoms with van der Waals surface area (Å²) in [6.07, 6.45) is 2.26. The monoisotopic (exact) mass is 371 g/mol. The molecule has 0 radical (unpaired) electrons. The third kappa shape index (κ3) is 4.19. The molecule has 9 heteroatoms. The highest BCUT2D eigenvalue weighted by Crippen LogP contribution is 2.24. The van der Waals surface area contributed by atoms with Crippen molar-refractivity contribution in [3.8, 4) is 11.5 Å². The number of benzene rings is 1. The average Bonchev–Trinajstić information content (AvgIpc) is 3.32. The quantitative estimate of drug-likeness (QED) is 0.278. The lowest BCUT2D eigenvalue weighted by Crippen LogP contribution is -2.06. The Bertz CT molecular complexity index is 932. The summed E-state index contributed by atoms with van der Waals surface area (Å²) >= 11 is 1.51. The topological polar surface area (TPSA) is 108 Å². The van der Waals surface area contributed by atoms with Gasteiger partial charge in [-0.1, -0.05) is 6.07 Å². The summed E-state index contributed by atoms with van der Waals surface area (Å²) in [6, 6.07) is 9.48. The van der Waals surface area contributed by atoms with Crippen molar-refractivity contribution in [1.29, 1.82) is 0 Å². The molecule has 0 saturated carbocycles. The molecule has 3 rings (SSSR count). The number of hydrogen-bond donors (Lipinski definition) is 0. The number of carbonyl (C=O) groups excluding carboxylic acids is 1. The molecule has 0 amide bonds. The Labute approximate surface area is 151 Å². The van der Waals surface area contributed by atoms with E-state index in [-0.39, 0.29) is 17.5 Å². The van der Waals surface area contributed by atoms with Crippen molar-refractivity contribution in [2.45, 2.75) is 13.0 Å². The van der Waals surface area contributed by atoms with Gasteiger partial charge >= 0.3 is 5.97 Å². The number of nitro benzene ring substituents is 1. The van der Waals surface area contributed by atoms with E-state index in [0.29, 0.717) is 5.56 Å². The zero-order chi connectivity index (χ0) is 18.5. The maximum Gasteiger partial charge on any atom is 0.331 e. The molecule has 0 fully saturated rings. The molecule has 0 bridgehead atoms. The van der Waals surface area contributed by atoms with Gasteiger partial charge in [0.2, 0.25) is 5.89 Å². The molecule has 26 heavy (non-hydrogen) atoms. The Morgan fingerprint density at radius 3 is 2.73 bits per heavy atom. The predicted octanol–water partition coefficient (Wildman–Crippen LogP) is 4.02. The van der Waals surface area contributed by atoms with Crippen LogP contribution in [0.1, 0.15) is 23.8 Å². The maximum atomic E-state index is 11.8. The highest BCUT2D eigenvalue weighted by molar-refractivity contribution is 7.10. The van der Waals surface area contributed by atoms with Gasteiger partial charge < -0.3 is 9.15 Å². The molecule has 0 spiro atoms. The Morgan fingerprint density at radius 2 is 2.08 bits per heavy atom. The molecule has 132 valence electrons. The molecular weight excluding hydrogens is 358 g/mol. The first kappa shape index (κ1) is 17.5. The van der Waals surface area contributed by atoms with Crippen molar-refractivity contribution in [1.82, 2.24) is 10.2 Å². The van der Waals surface area contributed by atoms with Crippen molar-refractivity contribution in [3.63, 3.8) is 0 Å². The SMILES string of the molecule is C[C@@H](OC(=O)/C=C/c1cccs1)c1nnc(-c2ccc([N+](=O)[O-])cc2)o1. The van der Waals surface area contributed by atoms with Gasteiger partial charge in [-0.3, -0.25) is 10.1 Å². The minimum Gasteiger partial charge on any atom is -0.449 e. The number of thiophene rings is 1. The molecule has 2 heterocycles. The van der Waals surface area contributed by atoms with Crippen molar-refractivity contribution in [3.05, 3.63) is 68.7 Å². The summed E-state index contributed by atoms with van der Waals surface area (Å²) in [7, 11) is 0. The Hall–Kier alpha value is -3.33. The number of nitrogens with zero attached hydrogens (tertiary/aromatic N) is 3. The lowest BCUT2D eigenvalue weighted by molar-refractivity contribution is -0.384. The lowest BCUT2D eigenvalue weighted by atomic mass is 10.2. The molecular formula is C17H13N3O5S. The van der Waals surface area contributed by atoms with Crippen LogP contribution in [0, 0.1) is 10.1 Å². The Morgan fingerprint density at radius 1 is 1.31 bits per heavy atom. The van der Waals surface area contributed by atoms with Gasteiger partial charge in [0.25, 0.3) is 11.6 Å². The van der Waals surface area contributed by atoms with Crippen molar-refractivity contribution in [2.24, 2.45) is 0 Å². The second-order valence-corrected chi connectivity index (χ2v) is 6.16. The second kappa shape index (κ2) is 7.70. The van der Waals surface area contributed by atoms with Gasteiger partial charge in [0, 0.05) is 28.6 Å². The van der Waals surface area contributed by atoms with Crippen LogP contribution >= 0.6 is 11.3 Å². The van der Waals surface area contributed by atoms with Gasteiger partial charge in [0.15, 0.2) is 6.10 Å². The van der Waals surface area contributed by atoms with Gasteiger partial charge in [-0.15, -0.1) is 21.5 Å². The molecule has 1 aromatic carbocycles. The van der Waals surface area contributed by atoms with Gasteiger partial charge in [-0.2, -0.15) is 0 Å². The molecule has 0 aliphatic carbocycles. The van der Waals surface area contributed by atoms with Crippen molar-refractivity contribution < 1.29 is 18.9 Å². The van der Waals surface area contributed by atoms with Crippen LogP contribution in [0.2, 0.25) is 0 Å². The van der Waals surface area contributed by atoms with Crippen LogP contribution in [0.3, 0.4) is 0 Å². The summed E-state index contributed by atoms with van der Waals surface area (Å²) in [4.78, 5) is 23.0. The first-order valence-corrected chi connectivity index (χ1v) is 8.41. The molecule has 8 nitrogen and oxygen atoms in total. The summed E-state index contributed by atoms with van der Waals surface area (Å²) < 4.78 is 10.7. The van der Waals surface area contributed by atoms with E-state index >= 15 is 0 Å². The van der Waals surface area contributed by atoms with Crippen LogP contribution in [0.5, 0.6) is 0 Å². The number of hydrogen-bond acceptors (Lipinski definition) is 8. The fourth-order valence-electron chi connectivity index (χ4n) is 2.04. The normalized spacial score (nSPS) is 12.2. The predicted molar refractivity (Wildman–Crippen MR) is 94.2 cm³/mol. The van der Waals surface area contributed by atoms with Gasteiger partial charge in [0.05, 0.1) is 4.92 Å². The summed E-state index contributed by atoms with van der Waals surface area (Å²) in [5.74, 6) is -0.205. The molecule has 3 aromatic rings. The highest BCUT2D eigenvalue weighted by Gasteiger charge is 2.18. The third-order valence-electron chi connectivity index (χ3n) is 3.33. The van der Waals surface area contributed by atoms with Crippen molar-refractivity contribution in [2.75, 3.05) is 0 Å². The summed E-state index contributed by atoms with van der Waals surface area (Å²) in [5, 5.41) is 20.3. The van der Waals surface area contributed by atoms with E-state index in [0.717, 1.165) is 4.88 Å². The maximum absolute atomic E-state index is 11.8. The molecule has 0 unspecified atom stereocenters. The summed E-state index contributed by atoms with van der Waals surface area (Å²) in [6.45, 7) is 1.62. The standard InChI is InChI=1S/C17H13N3O5S/c1-11(24-15(21)9-8-14-3-2-10-26-14)16-18-19-17(25-16)12-4-6-13(7-5-12)20(22)23/h2-11H,1H3/b9-8+/t11-/m1/s1. The van der Waals surface area contributed by atoms with E-state index in [2.05, 4.69) is 10.2 Å². The van der Waals surface area contributed by atoms with E-state index in [1.54, 1.807) is 13.0 Å². The Kier molecular flexibility index (Phi) is 5.18. The fraction of sp³-hybridized carbons (Fsp3) is 0.118. The first-order chi connectivity index (χ1) is 12.5. The van der Waals surface area contributed by atoms with Gasteiger partial charge in [-0.05, 0) is 36.6 Å². The zero-order valence-electron chi connectivity index (χ0n) is 13.6. The minimum atomic E-state index is -0.727. The van der Waals surface area contributed by atoms with Gasteiger partial charge in [0.1, 0.15) is 0 Å². The zero-order valence-corrected chi connectivity index (χ0v) is 14.4. The van der Waals surface area contributed by atoms with E-state index < -0.39 is 17.0 Å². The fourth-order valence-corrected chi connectivity index (χ4v) is 2.66. The number of ether oxygens (including phenoxy) is 1. The lowest BCUT2D eigenvalue weighted by Gasteiger charge is -2.06. The van der Waals surface area contributed by atoms with E-state index in [1.807, 2.05) is 17.5 Å². The third-order valence-corrected chi connectivity index (χ3v) is 4.17. The number of nitro groups is 1. The van der Waals surface area contributed by atoms with Crippen LogP contribution < -0.4 is 0 Å². The van der Waals surface area contributed by atoms with Crippen LogP contribution in [0.4, 0.5) is 5.69 Å². The Balaban J connectivity index is 1.64. The van der Waals surface area contributed by atoms with Crippen LogP contribution in [0.25, 0.3) is 17.5 Å². The molecule has 1 atom stereocenters. The number of rotatable bonds is 6. The molecule has 0 saturated heterocycles. The van der Waals surface area contributed by atoms with E-state index in [1.165, 1.54) is 41.7 Å².